The van der Waals surface area contributed by atoms with Crippen molar-refractivity contribution in [3.05, 3.63) is 6.07 Å². The van der Waals surface area contributed by atoms with Gasteiger partial charge in [-0.1, -0.05) is 26.7 Å². The molecule has 0 saturated heterocycles. The average molecular weight is 252 g/mol. The summed E-state index contributed by atoms with van der Waals surface area (Å²) < 4.78 is 5.13. The normalized spacial score (nSPS) is 10.7. The van der Waals surface area contributed by atoms with E-state index in [0.717, 1.165) is 18.9 Å². The average Bonchev–Trinajstić information content (AvgIpc) is 2.39. The second-order valence-electron chi connectivity index (χ2n) is 4.35. The van der Waals surface area contributed by atoms with Gasteiger partial charge in [0.2, 0.25) is 11.8 Å². The van der Waals surface area contributed by atoms with Crippen molar-refractivity contribution in [3.63, 3.8) is 0 Å². The Morgan fingerprint density at radius 1 is 1.28 bits per heavy atom. The molecule has 1 aromatic heterocycles. The first kappa shape index (κ1) is 14.5. The Morgan fingerprint density at radius 2 is 1.94 bits per heavy atom. The summed E-state index contributed by atoms with van der Waals surface area (Å²) in [7, 11) is 1.59. The van der Waals surface area contributed by atoms with Gasteiger partial charge in [0.05, 0.1) is 7.11 Å². The van der Waals surface area contributed by atoms with Crippen molar-refractivity contribution in [1.29, 1.82) is 0 Å². The van der Waals surface area contributed by atoms with Gasteiger partial charge < -0.3 is 15.4 Å². The highest BCUT2D eigenvalue weighted by atomic mass is 16.5. The van der Waals surface area contributed by atoms with Crippen molar-refractivity contribution in [3.8, 4) is 5.88 Å². The Kier molecular flexibility index (Phi) is 5.68. The monoisotopic (exact) mass is 252 g/mol. The van der Waals surface area contributed by atoms with Gasteiger partial charge >= 0.3 is 0 Å². The quantitative estimate of drug-likeness (QED) is 0.807. The summed E-state index contributed by atoms with van der Waals surface area (Å²) in [6.07, 6.45) is 2.34. The predicted octanol–water partition coefficient (Wildman–Crippen LogP) is 2.33. The molecule has 0 radical (unpaired) electrons. The fourth-order valence-corrected chi connectivity index (χ4v) is 1.94. The van der Waals surface area contributed by atoms with E-state index in [1.807, 2.05) is 6.07 Å². The van der Waals surface area contributed by atoms with E-state index in [1.54, 1.807) is 7.11 Å². The first-order valence-corrected chi connectivity index (χ1v) is 6.57. The minimum atomic E-state index is 0.257. The van der Waals surface area contributed by atoms with E-state index in [4.69, 9.17) is 10.5 Å². The summed E-state index contributed by atoms with van der Waals surface area (Å²) in [6, 6.07) is 1.84. The summed E-state index contributed by atoms with van der Waals surface area (Å²) in [5.41, 5.74) is 5.69. The molecule has 0 spiro atoms. The molecule has 0 aliphatic heterocycles. The number of aromatic nitrogens is 2. The van der Waals surface area contributed by atoms with Crippen molar-refractivity contribution in [1.82, 2.24) is 9.97 Å². The van der Waals surface area contributed by atoms with Gasteiger partial charge in [-0.05, 0) is 12.8 Å². The molecule has 0 aliphatic rings. The summed E-state index contributed by atoms with van der Waals surface area (Å²) in [5, 5.41) is 0. The Hall–Kier alpha value is -1.52. The molecule has 2 N–H and O–H groups in total. The van der Waals surface area contributed by atoms with Crippen LogP contribution >= 0.6 is 0 Å². The number of hydrogen-bond acceptors (Lipinski definition) is 5. The zero-order valence-corrected chi connectivity index (χ0v) is 11.8. The molecule has 1 heterocycles. The van der Waals surface area contributed by atoms with Gasteiger partial charge in [-0.15, -0.1) is 0 Å². The topological polar surface area (TPSA) is 64.3 Å². The summed E-state index contributed by atoms with van der Waals surface area (Å²) in [4.78, 5) is 10.5. The highest BCUT2D eigenvalue weighted by Gasteiger charge is 2.13. The molecule has 0 fully saturated rings. The first-order chi connectivity index (χ1) is 8.64. The van der Waals surface area contributed by atoms with Gasteiger partial charge in [0.15, 0.2) is 0 Å². The first-order valence-electron chi connectivity index (χ1n) is 6.57. The summed E-state index contributed by atoms with van der Waals surface area (Å²) in [6.45, 7) is 8.44. The molecule has 0 aromatic carbocycles. The number of ether oxygens (including phenoxy) is 1. The van der Waals surface area contributed by atoms with E-state index in [2.05, 4.69) is 35.6 Å². The minimum Gasteiger partial charge on any atom is -0.481 e. The second-order valence-corrected chi connectivity index (χ2v) is 4.35. The SMILES string of the molecule is CCC(CC)CN(CC)c1cc(OC)nc(N)n1. The Balaban J connectivity index is 2.90. The Morgan fingerprint density at radius 3 is 2.44 bits per heavy atom. The van der Waals surface area contributed by atoms with Crippen LogP contribution in [-0.4, -0.2) is 30.2 Å². The number of methoxy groups -OCH3 is 1. The van der Waals surface area contributed by atoms with Crippen LogP contribution in [0.3, 0.4) is 0 Å². The molecule has 5 nitrogen and oxygen atoms in total. The molecule has 1 rings (SSSR count). The summed E-state index contributed by atoms with van der Waals surface area (Å²) in [5.74, 6) is 2.29. The van der Waals surface area contributed by atoms with E-state index in [9.17, 15) is 0 Å². The third-order valence-corrected chi connectivity index (χ3v) is 3.25. The maximum absolute atomic E-state index is 5.69. The van der Waals surface area contributed by atoms with E-state index in [-0.39, 0.29) is 5.95 Å². The highest BCUT2D eigenvalue weighted by molar-refractivity contribution is 5.45. The fraction of sp³-hybridized carbons (Fsp3) is 0.692. The van der Waals surface area contributed by atoms with Crippen LogP contribution in [-0.2, 0) is 0 Å². The van der Waals surface area contributed by atoms with E-state index in [0.29, 0.717) is 11.8 Å². The largest absolute Gasteiger partial charge is 0.481 e. The second kappa shape index (κ2) is 7.03. The van der Waals surface area contributed by atoms with Crippen LogP contribution in [0.25, 0.3) is 0 Å². The lowest BCUT2D eigenvalue weighted by Gasteiger charge is -2.26. The molecule has 0 aliphatic carbocycles. The number of nitrogen functional groups attached to an aromatic ring is 1. The lowest BCUT2D eigenvalue weighted by Crippen LogP contribution is -2.30. The molecule has 18 heavy (non-hydrogen) atoms. The van der Waals surface area contributed by atoms with Crippen LogP contribution in [0.4, 0.5) is 11.8 Å². The van der Waals surface area contributed by atoms with Crippen LogP contribution in [0.15, 0.2) is 6.07 Å². The van der Waals surface area contributed by atoms with Crippen molar-refractivity contribution < 1.29 is 4.74 Å². The van der Waals surface area contributed by atoms with Gasteiger partial charge in [0.25, 0.3) is 0 Å². The number of hydrogen-bond donors (Lipinski definition) is 1. The van der Waals surface area contributed by atoms with Crippen molar-refractivity contribution in [2.75, 3.05) is 30.8 Å². The molecule has 1 aromatic rings. The zero-order valence-electron chi connectivity index (χ0n) is 11.8. The maximum Gasteiger partial charge on any atom is 0.225 e. The van der Waals surface area contributed by atoms with Crippen LogP contribution in [0.2, 0.25) is 0 Å². The molecule has 0 saturated carbocycles. The van der Waals surface area contributed by atoms with Crippen molar-refractivity contribution >= 4 is 11.8 Å². The van der Waals surface area contributed by atoms with Crippen LogP contribution < -0.4 is 15.4 Å². The van der Waals surface area contributed by atoms with Gasteiger partial charge in [0, 0.05) is 19.2 Å². The van der Waals surface area contributed by atoms with Gasteiger partial charge in [-0.3, -0.25) is 0 Å². The van der Waals surface area contributed by atoms with Crippen LogP contribution in [0.1, 0.15) is 33.6 Å². The number of nitrogens with two attached hydrogens (primary N) is 1. The fourth-order valence-electron chi connectivity index (χ4n) is 1.94. The predicted molar refractivity (Wildman–Crippen MR) is 75.0 cm³/mol. The molecule has 5 heteroatoms. The molecule has 0 unspecified atom stereocenters. The number of anilines is 2. The Bertz CT molecular complexity index is 366. The summed E-state index contributed by atoms with van der Waals surface area (Å²) >= 11 is 0. The van der Waals surface area contributed by atoms with Gasteiger partial charge in [0.1, 0.15) is 5.82 Å². The number of rotatable bonds is 7. The van der Waals surface area contributed by atoms with E-state index >= 15 is 0 Å². The molecular formula is C13H24N4O. The zero-order chi connectivity index (χ0) is 13.5. The highest BCUT2D eigenvalue weighted by Crippen LogP contribution is 2.20. The Labute approximate surface area is 109 Å². The van der Waals surface area contributed by atoms with Crippen LogP contribution in [0, 0.1) is 5.92 Å². The standard InChI is InChI=1S/C13H24N4O/c1-5-10(6-2)9-17(7-3)11-8-12(18-4)16-13(14)15-11/h8,10H,5-7,9H2,1-4H3,(H2,14,15,16). The lowest BCUT2D eigenvalue weighted by atomic mass is 10.0. The molecule has 0 bridgehead atoms. The van der Waals surface area contributed by atoms with Crippen molar-refractivity contribution in [2.45, 2.75) is 33.6 Å². The number of nitrogens with zero attached hydrogens (tertiary/aromatic N) is 3. The molecular weight excluding hydrogens is 228 g/mol. The van der Waals surface area contributed by atoms with Crippen molar-refractivity contribution in [2.24, 2.45) is 5.92 Å². The minimum absolute atomic E-state index is 0.257. The molecule has 102 valence electrons. The van der Waals surface area contributed by atoms with Gasteiger partial charge in [-0.25, -0.2) is 0 Å². The third-order valence-electron chi connectivity index (χ3n) is 3.25. The van der Waals surface area contributed by atoms with Gasteiger partial charge in [-0.2, -0.15) is 9.97 Å². The molecule has 0 amide bonds. The van der Waals surface area contributed by atoms with Crippen LogP contribution in [0.5, 0.6) is 5.88 Å². The van der Waals surface area contributed by atoms with E-state index in [1.165, 1.54) is 12.8 Å². The van der Waals surface area contributed by atoms with E-state index < -0.39 is 0 Å². The lowest BCUT2D eigenvalue weighted by molar-refractivity contribution is 0.397. The maximum atomic E-state index is 5.69. The third kappa shape index (κ3) is 3.75. The molecule has 0 atom stereocenters. The smallest absolute Gasteiger partial charge is 0.225 e.